The normalized spacial score (nSPS) is 16.8. The van der Waals surface area contributed by atoms with Crippen molar-refractivity contribution in [1.29, 1.82) is 0 Å². The van der Waals surface area contributed by atoms with Gasteiger partial charge in [-0.05, 0) is 24.1 Å². The summed E-state index contributed by atoms with van der Waals surface area (Å²) in [6, 6.07) is 13.0. The molecular weight excluding hydrogens is 354 g/mol. The predicted octanol–water partition coefficient (Wildman–Crippen LogP) is 3.34. The van der Waals surface area contributed by atoms with Crippen LogP contribution < -0.4 is 10.1 Å². The first-order chi connectivity index (χ1) is 13.1. The molecule has 1 amide bonds. The highest BCUT2D eigenvalue weighted by Crippen LogP contribution is 2.21. The molecule has 144 valence electrons. The van der Waals surface area contributed by atoms with Crippen LogP contribution in [0.15, 0.2) is 48.5 Å². The summed E-state index contributed by atoms with van der Waals surface area (Å²) in [6.45, 7) is 2.00. The van der Waals surface area contributed by atoms with E-state index in [9.17, 15) is 13.6 Å². The number of nitrogens with one attached hydrogen (secondary N) is 1. The van der Waals surface area contributed by atoms with Crippen molar-refractivity contribution < 1.29 is 23.0 Å². The minimum Gasteiger partial charge on any atom is -0.488 e. The van der Waals surface area contributed by atoms with Crippen molar-refractivity contribution in [3.8, 4) is 5.75 Å². The van der Waals surface area contributed by atoms with E-state index in [2.05, 4.69) is 5.32 Å². The minimum absolute atomic E-state index is 0.0298. The number of amides is 1. The van der Waals surface area contributed by atoms with Gasteiger partial charge in [-0.3, -0.25) is 0 Å². The molecule has 1 saturated heterocycles. The maximum Gasteiger partial charge on any atom is 0.410 e. The summed E-state index contributed by atoms with van der Waals surface area (Å²) in [5, 5.41) is 3.28. The van der Waals surface area contributed by atoms with E-state index < -0.39 is 11.6 Å². The lowest BCUT2D eigenvalue weighted by molar-refractivity contribution is 0.0826. The zero-order chi connectivity index (χ0) is 19.1. The highest BCUT2D eigenvalue weighted by molar-refractivity contribution is 5.67. The highest BCUT2D eigenvalue weighted by Gasteiger charge is 2.24. The van der Waals surface area contributed by atoms with Gasteiger partial charge in [0, 0.05) is 25.7 Å². The van der Waals surface area contributed by atoms with E-state index in [1.807, 2.05) is 30.3 Å². The molecule has 0 bridgehead atoms. The summed E-state index contributed by atoms with van der Waals surface area (Å²) in [4.78, 5) is 13.9. The van der Waals surface area contributed by atoms with Crippen LogP contribution in [0.25, 0.3) is 0 Å². The zero-order valence-electron chi connectivity index (χ0n) is 14.9. The first kappa shape index (κ1) is 19.1. The second kappa shape index (κ2) is 9.32. The third-order valence-electron chi connectivity index (χ3n) is 4.35. The van der Waals surface area contributed by atoms with Gasteiger partial charge in [-0.15, -0.1) is 0 Å². The average Bonchev–Trinajstić information content (AvgIpc) is 2.69. The summed E-state index contributed by atoms with van der Waals surface area (Å²) in [5.41, 5.74) is 0.929. The van der Waals surface area contributed by atoms with Crippen LogP contribution in [0.2, 0.25) is 0 Å². The van der Waals surface area contributed by atoms with E-state index in [4.69, 9.17) is 9.47 Å². The lowest BCUT2D eigenvalue weighted by Crippen LogP contribution is -2.53. The number of nitrogens with zero attached hydrogens (tertiary/aromatic N) is 1. The second-order valence-corrected chi connectivity index (χ2v) is 6.33. The Morgan fingerprint density at radius 1 is 1.11 bits per heavy atom. The Balaban J connectivity index is 1.44. The van der Waals surface area contributed by atoms with Gasteiger partial charge in [0.25, 0.3) is 0 Å². The summed E-state index contributed by atoms with van der Waals surface area (Å²) >= 11 is 0. The van der Waals surface area contributed by atoms with E-state index in [1.54, 1.807) is 4.90 Å². The quantitative estimate of drug-likeness (QED) is 0.840. The molecule has 0 unspecified atom stereocenters. The maximum absolute atomic E-state index is 13.6. The number of carbonyl (C=O) groups is 1. The molecule has 0 saturated carbocycles. The number of rotatable bonds is 6. The van der Waals surface area contributed by atoms with Crippen molar-refractivity contribution >= 4 is 6.09 Å². The fourth-order valence-corrected chi connectivity index (χ4v) is 2.92. The SMILES string of the molecule is O=C(OCc1ccccc1)N1CCN[C@H](CCOc2c(F)cccc2F)C1. The summed E-state index contributed by atoms with van der Waals surface area (Å²) in [5.74, 6) is -1.82. The van der Waals surface area contributed by atoms with Gasteiger partial charge in [-0.1, -0.05) is 36.4 Å². The number of para-hydroxylation sites is 1. The predicted molar refractivity (Wildman–Crippen MR) is 96.5 cm³/mol. The first-order valence-corrected chi connectivity index (χ1v) is 8.89. The van der Waals surface area contributed by atoms with Gasteiger partial charge in [-0.25, -0.2) is 13.6 Å². The fraction of sp³-hybridized carbons (Fsp3) is 0.350. The number of hydrogen-bond donors (Lipinski definition) is 1. The maximum atomic E-state index is 13.6. The van der Waals surface area contributed by atoms with Gasteiger partial charge in [0.15, 0.2) is 17.4 Å². The molecule has 2 aromatic carbocycles. The molecule has 0 radical (unpaired) electrons. The number of halogens is 2. The lowest BCUT2D eigenvalue weighted by Gasteiger charge is -2.33. The van der Waals surface area contributed by atoms with Crippen LogP contribution in [0, 0.1) is 11.6 Å². The third kappa shape index (κ3) is 5.40. The van der Waals surface area contributed by atoms with E-state index >= 15 is 0 Å². The van der Waals surface area contributed by atoms with Crippen LogP contribution >= 0.6 is 0 Å². The molecule has 27 heavy (non-hydrogen) atoms. The minimum atomic E-state index is -0.724. The number of piperazine rings is 1. The van der Waals surface area contributed by atoms with Gasteiger partial charge in [0.1, 0.15) is 6.61 Å². The van der Waals surface area contributed by atoms with Gasteiger partial charge in [0.2, 0.25) is 0 Å². The van der Waals surface area contributed by atoms with Crippen molar-refractivity contribution in [3.05, 3.63) is 65.7 Å². The molecule has 0 aromatic heterocycles. The van der Waals surface area contributed by atoms with Crippen LogP contribution in [0.4, 0.5) is 13.6 Å². The average molecular weight is 376 g/mol. The van der Waals surface area contributed by atoms with Crippen molar-refractivity contribution in [1.82, 2.24) is 10.2 Å². The molecule has 1 aliphatic heterocycles. The number of carbonyl (C=O) groups excluding carboxylic acids is 1. The molecule has 1 N–H and O–H groups in total. The van der Waals surface area contributed by atoms with Crippen molar-refractivity contribution in [2.24, 2.45) is 0 Å². The topological polar surface area (TPSA) is 50.8 Å². The molecule has 5 nitrogen and oxygen atoms in total. The van der Waals surface area contributed by atoms with E-state index in [0.29, 0.717) is 26.1 Å². The number of hydrogen-bond acceptors (Lipinski definition) is 4. The van der Waals surface area contributed by atoms with E-state index in [0.717, 1.165) is 17.7 Å². The molecule has 0 aliphatic carbocycles. The van der Waals surface area contributed by atoms with Gasteiger partial charge in [-0.2, -0.15) is 0 Å². The van der Waals surface area contributed by atoms with Gasteiger partial charge < -0.3 is 19.7 Å². The van der Waals surface area contributed by atoms with Crippen molar-refractivity contribution in [2.45, 2.75) is 19.1 Å². The Hall–Kier alpha value is -2.67. The molecule has 1 aliphatic rings. The molecular formula is C20H22F2N2O3. The molecule has 2 aromatic rings. The number of benzene rings is 2. The van der Waals surface area contributed by atoms with Gasteiger partial charge >= 0.3 is 6.09 Å². The lowest BCUT2D eigenvalue weighted by atomic mass is 10.1. The Bertz CT molecular complexity index is 738. The summed E-state index contributed by atoms with van der Waals surface area (Å²) in [6.07, 6.45) is 0.141. The van der Waals surface area contributed by atoms with E-state index in [1.165, 1.54) is 6.07 Å². The van der Waals surface area contributed by atoms with Crippen LogP contribution in [0.5, 0.6) is 5.75 Å². The molecule has 1 heterocycles. The Morgan fingerprint density at radius 2 is 1.85 bits per heavy atom. The van der Waals surface area contributed by atoms with Crippen molar-refractivity contribution in [2.75, 3.05) is 26.2 Å². The van der Waals surface area contributed by atoms with E-state index in [-0.39, 0.29) is 31.1 Å². The Labute approximate surface area is 156 Å². The molecule has 1 fully saturated rings. The number of ether oxygens (including phenoxy) is 2. The largest absolute Gasteiger partial charge is 0.488 e. The fourth-order valence-electron chi connectivity index (χ4n) is 2.92. The van der Waals surface area contributed by atoms with Crippen LogP contribution in [0.3, 0.4) is 0 Å². The van der Waals surface area contributed by atoms with Crippen molar-refractivity contribution in [3.63, 3.8) is 0 Å². The summed E-state index contributed by atoms with van der Waals surface area (Å²) in [7, 11) is 0. The van der Waals surface area contributed by atoms with Crippen LogP contribution in [-0.2, 0) is 11.3 Å². The zero-order valence-corrected chi connectivity index (χ0v) is 14.9. The second-order valence-electron chi connectivity index (χ2n) is 6.33. The standard InChI is InChI=1S/C20H22F2N2O3/c21-17-7-4-8-18(22)19(17)26-12-9-16-13-24(11-10-23-16)20(25)27-14-15-5-2-1-3-6-15/h1-8,16,23H,9-14H2/t16-/m1/s1. The smallest absolute Gasteiger partial charge is 0.410 e. The first-order valence-electron chi connectivity index (χ1n) is 8.89. The molecule has 1 atom stereocenters. The van der Waals surface area contributed by atoms with Crippen LogP contribution in [-0.4, -0.2) is 43.3 Å². The molecule has 7 heteroatoms. The Kier molecular flexibility index (Phi) is 6.59. The highest BCUT2D eigenvalue weighted by atomic mass is 19.1. The van der Waals surface area contributed by atoms with Gasteiger partial charge in [0.05, 0.1) is 6.61 Å². The third-order valence-corrected chi connectivity index (χ3v) is 4.35. The Morgan fingerprint density at radius 3 is 2.59 bits per heavy atom. The molecule has 3 rings (SSSR count). The molecule has 0 spiro atoms. The summed E-state index contributed by atoms with van der Waals surface area (Å²) < 4.78 is 37.7. The monoisotopic (exact) mass is 376 g/mol. The van der Waals surface area contributed by atoms with Crippen LogP contribution in [0.1, 0.15) is 12.0 Å².